The van der Waals surface area contributed by atoms with E-state index in [0.29, 0.717) is 38.5 Å². The average Bonchev–Trinajstić information content (AvgIpc) is 2.58. The SMILES string of the molecule is NNC(=O)CCCCC(=O)NN.O=C(O)C1(C(=O)O)CCCCC1. The second kappa shape index (κ2) is 11.4. The van der Waals surface area contributed by atoms with Crippen LogP contribution in [0.5, 0.6) is 0 Å². The van der Waals surface area contributed by atoms with Crippen LogP contribution in [0.3, 0.4) is 0 Å². The van der Waals surface area contributed by atoms with Crippen LogP contribution in [-0.4, -0.2) is 34.0 Å². The van der Waals surface area contributed by atoms with E-state index in [2.05, 4.69) is 0 Å². The molecule has 1 saturated carbocycles. The third kappa shape index (κ3) is 7.38. The lowest BCUT2D eigenvalue weighted by Crippen LogP contribution is -2.40. The molecule has 0 spiro atoms. The molecule has 0 aromatic rings. The van der Waals surface area contributed by atoms with Crippen LogP contribution in [0.15, 0.2) is 0 Å². The second-order valence-corrected chi connectivity index (χ2v) is 5.60. The van der Waals surface area contributed by atoms with E-state index in [-0.39, 0.29) is 24.7 Å². The summed E-state index contributed by atoms with van der Waals surface area (Å²) in [7, 11) is 0. The summed E-state index contributed by atoms with van der Waals surface area (Å²) in [5.74, 6) is 6.87. The maximum Gasteiger partial charge on any atom is 0.321 e. The lowest BCUT2D eigenvalue weighted by molar-refractivity contribution is -0.167. The van der Waals surface area contributed by atoms with Crippen LogP contribution in [0.2, 0.25) is 0 Å². The molecule has 1 aliphatic rings. The number of aliphatic carboxylic acids is 2. The number of hydrogen-bond donors (Lipinski definition) is 6. The molecule has 24 heavy (non-hydrogen) atoms. The fraction of sp³-hybridized carbons (Fsp3) is 0.714. The van der Waals surface area contributed by atoms with Crippen LogP contribution in [0.1, 0.15) is 57.8 Å². The smallest absolute Gasteiger partial charge is 0.321 e. The van der Waals surface area contributed by atoms with E-state index in [1.54, 1.807) is 0 Å². The number of hydrazine groups is 2. The minimum Gasteiger partial charge on any atom is -0.480 e. The van der Waals surface area contributed by atoms with Gasteiger partial charge in [-0.3, -0.25) is 30.0 Å². The Hall–Kier alpha value is -2.20. The Morgan fingerprint density at radius 3 is 1.42 bits per heavy atom. The van der Waals surface area contributed by atoms with Crippen LogP contribution in [0, 0.1) is 5.41 Å². The van der Waals surface area contributed by atoms with Gasteiger partial charge in [0.05, 0.1) is 0 Å². The van der Waals surface area contributed by atoms with Gasteiger partial charge in [0.25, 0.3) is 0 Å². The highest BCUT2D eigenvalue weighted by Crippen LogP contribution is 2.36. The van der Waals surface area contributed by atoms with Crippen LogP contribution >= 0.6 is 0 Å². The Balaban J connectivity index is 0.000000441. The summed E-state index contributed by atoms with van der Waals surface area (Å²) in [4.78, 5) is 42.6. The molecule has 0 unspecified atom stereocenters. The molecule has 0 heterocycles. The molecule has 0 atom stereocenters. The Kier molecular flexibility index (Phi) is 10.3. The van der Waals surface area contributed by atoms with Crippen LogP contribution in [-0.2, 0) is 19.2 Å². The molecule has 10 heteroatoms. The topological polar surface area (TPSA) is 185 Å². The number of carboxylic acid groups (broad SMARTS) is 2. The van der Waals surface area contributed by atoms with Gasteiger partial charge in [-0.1, -0.05) is 19.3 Å². The second-order valence-electron chi connectivity index (χ2n) is 5.60. The van der Waals surface area contributed by atoms with Gasteiger partial charge in [-0.25, -0.2) is 11.7 Å². The Bertz CT molecular complexity index is 415. The van der Waals surface area contributed by atoms with Gasteiger partial charge < -0.3 is 10.2 Å². The fourth-order valence-corrected chi connectivity index (χ4v) is 2.39. The monoisotopic (exact) mass is 346 g/mol. The van der Waals surface area contributed by atoms with Crippen molar-refractivity contribution in [2.24, 2.45) is 17.1 Å². The van der Waals surface area contributed by atoms with Crippen molar-refractivity contribution in [1.29, 1.82) is 0 Å². The van der Waals surface area contributed by atoms with Crippen molar-refractivity contribution in [3.8, 4) is 0 Å². The first-order valence-electron chi connectivity index (χ1n) is 7.76. The zero-order valence-corrected chi connectivity index (χ0v) is 13.5. The number of carboxylic acids is 2. The minimum absolute atomic E-state index is 0.219. The number of unbranched alkanes of at least 4 members (excludes halogenated alkanes) is 1. The molecular weight excluding hydrogens is 320 g/mol. The van der Waals surface area contributed by atoms with Crippen molar-refractivity contribution < 1.29 is 29.4 Å². The summed E-state index contributed by atoms with van der Waals surface area (Å²) in [5.41, 5.74) is 2.52. The van der Waals surface area contributed by atoms with E-state index in [1.165, 1.54) is 0 Å². The predicted octanol–water partition coefficient (Wildman–Crippen LogP) is -0.367. The summed E-state index contributed by atoms with van der Waals surface area (Å²) in [6.45, 7) is 0. The summed E-state index contributed by atoms with van der Waals surface area (Å²) < 4.78 is 0. The van der Waals surface area contributed by atoms with Crippen molar-refractivity contribution in [2.45, 2.75) is 57.8 Å². The molecule has 10 nitrogen and oxygen atoms in total. The van der Waals surface area contributed by atoms with Crippen molar-refractivity contribution in [3.63, 3.8) is 0 Å². The summed E-state index contributed by atoms with van der Waals surface area (Å²) in [6.07, 6.45) is 4.87. The summed E-state index contributed by atoms with van der Waals surface area (Å²) in [6, 6.07) is 0. The molecule has 0 bridgehead atoms. The highest BCUT2D eigenvalue weighted by molar-refractivity contribution is 5.98. The predicted molar refractivity (Wildman–Crippen MR) is 83.9 cm³/mol. The highest BCUT2D eigenvalue weighted by Gasteiger charge is 2.46. The lowest BCUT2D eigenvalue weighted by Gasteiger charge is -2.28. The number of carbonyl (C=O) groups excluding carboxylic acids is 2. The molecule has 0 aromatic heterocycles. The Morgan fingerprint density at radius 1 is 0.792 bits per heavy atom. The molecule has 1 aliphatic carbocycles. The van der Waals surface area contributed by atoms with Gasteiger partial charge >= 0.3 is 11.9 Å². The van der Waals surface area contributed by atoms with Crippen LogP contribution in [0.4, 0.5) is 0 Å². The van der Waals surface area contributed by atoms with E-state index in [9.17, 15) is 19.2 Å². The average molecular weight is 346 g/mol. The van der Waals surface area contributed by atoms with E-state index in [0.717, 1.165) is 6.42 Å². The Labute approximate surface area is 139 Å². The maximum atomic E-state index is 10.7. The molecular formula is C14H26N4O6. The third-order valence-corrected chi connectivity index (χ3v) is 3.91. The summed E-state index contributed by atoms with van der Waals surface area (Å²) in [5, 5.41) is 17.6. The first kappa shape index (κ1) is 21.8. The first-order chi connectivity index (χ1) is 11.3. The molecule has 138 valence electrons. The van der Waals surface area contributed by atoms with Gasteiger partial charge in [-0.2, -0.15) is 0 Å². The fourth-order valence-electron chi connectivity index (χ4n) is 2.39. The van der Waals surface area contributed by atoms with Gasteiger partial charge in [0.1, 0.15) is 0 Å². The number of amides is 2. The number of hydrogen-bond acceptors (Lipinski definition) is 6. The van der Waals surface area contributed by atoms with Gasteiger partial charge in [0.2, 0.25) is 11.8 Å². The van der Waals surface area contributed by atoms with Crippen molar-refractivity contribution in [2.75, 3.05) is 0 Å². The van der Waals surface area contributed by atoms with E-state index in [1.807, 2.05) is 10.9 Å². The van der Waals surface area contributed by atoms with E-state index >= 15 is 0 Å². The number of rotatable bonds is 7. The first-order valence-corrected chi connectivity index (χ1v) is 7.76. The zero-order chi connectivity index (χ0) is 18.6. The van der Waals surface area contributed by atoms with Gasteiger partial charge in [0, 0.05) is 12.8 Å². The number of carbonyl (C=O) groups is 4. The maximum absolute atomic E-state index is 10.7. The van der Waals surface area contributed by atoms with Gasteiger partial charge in [-0.15, -0.1) is 0 Å². The van der Waals surface area contributed by atoms with Crippen molar-refractivity contribution >= 4 is 23.8 Å². The molecule has 2 amide bonds. The molecule has 1 fully saturated rings. The van der Waals surface area contributed by atoms with Crippen molar-refractivity contribution in [3.05, 3.63) is 0 Å². The standard InChI is InChI=1S/C8H12O4.C6H14N4O2/c9-6(10)8(7(11)12)4-2-1-3-5-8;7-9-5(11)3-1-2-4-6(12)10-8/h1-5H2,(H,9,10)(H,11,12);1-4,7-8H2,(H,9,11)(H,10,12). The Morgan fingerprint density at radius 2 is 1.17 bits per heavy atom. The van der Waals surface area contributed by atoms with Gasteiger partial charge in [0.15, 0.2) is 5.41 Å². The molecule has 0 saturated heterocycles. The normalized spacial score (nSPS) is 15.4. The highest BCUT2D eigenvalue weighted by atomic mass is 16.4. The lowest BCUT2D eigenvalue weighted by atomic mass is 9.74. The zero-order valence-electron chi connectivity index (χ0n) is 13.5. The van der Waals surface area contributed by atoms with Crippen molar-refractivity contribution in [1.82, 2.24) is 10.9 Å². The molecule has 0 radical (unpaired) electrons. The number of nitrogens with one attached hydrogen (secondary N) is 2. The van der Waals surface area contributed by atoms with E-state index in [4.69, 9.17) is 21.9 Å². The molecule has 0 aromatic carbocycles. The third-order valence-electron chi connectivity index (χ3n) is 3.91. The minimum atomic E-state index is -1.49. The molecule has 1 rings (SSSR count). The quantitative estimate of drug-likeness (QED) is 0.118. The largest absolute Gasteiger partial charge is 0.480 e. The van der Waals surface area contributed by atoms with Gasteiger partial charge in [-0.05, 0) is 25.7 Å². The molecule has 0 aliphatic heterocycles. The van der Waals surface area contributed by atoms with Crippen LogP contribution in [0.25, 0.3) is 0 Å². The van der Waals surface area contributed by atoms with E-state index < -0.39 is 17.4 Å². The van der Waals surface area contributed by atoms with Crippen LogP contribution < -0.4 is 22.5 Å². The summed E-state index contributed by atoms with van der Waals surface area (Å²) >= 11 is 0. The molecule has 8 N–H and O–H groups in total. The number of nitrogens with two attached hydrogens (primary N) is 2.